The second-order valence-corrected chi connectivity index (χ2v) is 11.4. The largest absolute Gasteiger partial charge is 0.445 e. The summed E-state index contributed by atoms with van der Waals surface area (Å²) in [5.41, 5.74) is 6.30. The van der Waals surface area contributed by atoms with Gasteiger partial charge in [0.05, 0.1) is 12.1 Å². The van der Waals surface area contributed by atoms with E-state index in [-0.39, 0.29) is 13.2 Å². The molecule has 6 rings (SSSR count). The first-order valence-electron chi connectivity index (χ1n) is 15.9. The number of hydrogen-bond acceptors (Lipinski definition) is 4. The number of ether oxygens (including phenoxy) is 2. The molecule has 0 fully saturated rings. The van der Waals surface area contributed by atoms with Gasteiger partial charge in [-0.2, -0.15) is 0 Å². The van der Waals surface area contributed by atoms with Crippen molar-refractivity contribution in [2.24, 2.45) is 0 Å². The van der Waals surface area contributed by atoms with Crippen molar-refractivity contribution in [2.45, 2.75) is 31.8 Å². The Kier molecular flexibility index (Phi) is 10.6. The first-order chi connectivity index (χ1) is 23.6. The van der Waals surface area contributed by atoms with E-state index in [2.05, 4.69) is 27.3 Å². The summed E-state index contributed by atoms with van der Waals surface area (Å²) in [5, 5.41) is 6.25. The van der Waals surface area contributed by atoms with Crippen molar-refractivity contribution in [3.63, 3.8) is 0 Å². The van der Waals surface area contributed by atoms with Crippen molar-refractivity contribution < 1.29 is 19.1 Å². The number of carbonyl (C=O) groups excluding carboxylic acids is 2. The van der Waals surface area contributed by atoms with E-state index in [0.29, 0.717) is 6.54 Å². The highest BCUT2D eigenvalue weighted by Crippen LogP contribution is 2.31. The van der Waals surface area contributed by atoms with E-state index in [0.717, 1.165) is 39.2 Å². The van der Waals surface area contributed by atoms with E-state index < -0.39 is 24.3 Å². The van der Waals surface area contributed by atoms with E-state index in [1.54, 1.807) is 0 Å². The monoisotopic (exact) mass is 635 g/mol. The van der Waals surface area contributed by atoms with Gasteiger partial charge >= 0.3 is 12.2 Å². The van der Waals surface area contributed by atoms with Crippen LogP contribution < -0.4 is 10.6 Å². The number of amides is 2. The highest BCUT2D eigenvalue weighted by molar-refractivity contribution is 5.69. The molecule has 2 atom stereocenters. The fourth-order valence-electron chi connectivity index (χ4n) is 5.66. The molecule has 0 aliphatic rings. The van der Waals surface area contributed by atoms with Gasteiger partial charge in [0.15, 0.2) is 0 Å². The number of carbonyl (C=O) groups is 2. The topological polar surface area (TPSA) is 81.6 Å². The maximum Gasteiger partial charge on any atom is 0.408 e. The molecule has 240 valence electrons. The summed E-state index contributed by atoms with van der Waals surface area (Å²) < 4.78 is 13.5. The zero-order chi connectivity index (χ0) is 33.0. The van der Waals surface area contributed by atoms with Gasteiger partial charge < -0.3 is 24.7 Å². The average Bonchev–Trinajstić information content (AvgIpc) is 3.55. The van der Waals surface area contributed by atoms with Gasteiger partial charge in [-0.3, -0.25) is 0 Å². The van der Waals surface area contributed by atoms with E-state index >= 15 is 0 Å². The lowest BCUT2D eigenvalue weighted by Gasteiger charge is -2.26. The van der Waals surface area contributed by atoms with Crippen molar-refractivity contribution in [3.05, 3.63) is 203 Å². The summed E-state index contributed by atoms with van der Waals surface area (Å²) in [4.78, 5) is 26.6. The van der Waals surface area contributed by atoms with Crippen molar-refractivity contribution in [3.8, 4) is 0 Å². The molecular formula is C41H37N3O4. The van der Waals surface area contributed by atoms with Crippen LogP contribution in [0.2, 0.25) is 0 Å². The van der Waals surface area contributed by atoms with Crippen LogP contribution in [0.25, 0.3) is 0 Å². The Balaban J connectivity index is 1.36. The molecule has 0 saturated carbocycles. The molecule has 48 heavy (non-hydrogen) atoms. The van der Waals surface area contributed by atoms with Crippen molar-refractivity contribution in [1.82, 2.24) is 15.2 Å². The zero-order valence-corrected chi connectivity index (χ0v) is 26.4. The second kappa shape index (κ2) is 16.0. The van der Waals surface area contributed by atoms with E-state index in [1.807, 2.05) is 152 Å². The molecule has 5 aromatic carbocycles. The Hall–Kier alpha value is -6.08. The molecule has 2 unspecified atom stereocenters. The lowest BCUT2D eigenvalue weighted by Crippen LogP contribution is -2.34. The number of nitrogens with zero attached hydrogens (tertiary/aromatic N) is 1. The van der Waals surface area contributed by atoms with Crippen molar-refractivity contribution in [2.75, 3.05) is 0 Å². The highest BCUT2D eigenvalue weighted by atomic mass is 16.6. The smallest absolute Gasteiger partial charge is 0.408 e. The Bertz CT molecular complexity index is 1760. The second-order valence-electron chi connectivity index (χ2n) is 11.4. The fraction of sp³-hybridized carbons (Fsp3) is 0.122. The molecule has 0 spiro atoms. The van der Waals surface area contributed by atoms with E-state index in [4.69, 9.17) is 9.47 Å². The van der Waals surface area contributed by atoms with Crippen LogP contribution in [0, 0.1) is 0 Å². The minimum atomic E-state index is -0.548. The fourth-order valence-corrected chi connectivity index (χ4v) is 5.66. The van der Waals surface area contributed by atoms with Crippen molar-refractivity contribution >= 4 is 12.2 Å². The molecule has 6 aromatic rings. The van der Waals surface area contributed by atoms with Crippen LogP contribution in [0.5, 0.6) is 0 Å². The SMILES string of the molecule is O=C(NC(c1ccccc1)c1ccc(C(NC(=O)OCc2ccccc2)c2ccccc2)n1Cc1ccccc1)OCc1ccccc1. The number of benzene rings is 5. The van der Waals surface area contributed by atoms with Crippen LogP contribution in [0.4, 0.5) is 9.59 Å². The third kappa shape index (κ3) is 8.39. The lowest BCUT2D eigenvalue weighted by molar-refractivity contribution is 0.136. The number of rotatable bonds is 12. The Morgan fingerprint density at radius 2 is 0.792 bits per heavy atom. The molecule has 0 bridgehead atoms. The van der Waals surface area contributed by atoms with E-state index in [1.165, 1.54) is 0 Å². The molecule has 1 aromatic heterocycles. The Labute approximate surface area is 280 Å². The Morgan fingerprint density at radius 3 is 1.17 bits per heavy atom. The standard InChI is InChI=1S/C41H37N3O4/c45-40(47-29-32-18-8-2-9-19-32)42-38(34-22-12-4-13-23-34)36-26-27-37(44(36)28-31-16-6-1-7-17-31)39(35-24-14-5-15-25-35)43-41(46)48-30-33-20-10-3-11-21-33/h1-27,38-39H,28-30H2,(H,42,45)(H,43,46). The quantitative estimate of drug-likeness (QED) is 0.141. The number of aromatic nitrogens is 1. The molecule has 7 nitrogen and oxygen atoms in total. The van der Waals surface area contributed by atoms with Crippen LogP contribution in [0.3, 0.4) is 0 Å². The van der Waals surface area contributed by atoms with Crippen LogP contribution in [-0.2, 0) is 29.2 Å². The molecule has 1 heterocycles. The van der Waals surface area contributed by atoms with Crippen LogP contribution in [0.1, 0.15) is 51.3 Å². The van der Waals surface area contributed by atoms with Crippen LogP contribution >= 0.6 is 0 Å². The number of alkyl carbamates (subject to hydrolysis) is 2. The molecule has 2 N–H and O–H groups in total. The summed E-state index contributed by atoms with van der Waals surface area (Å²) in [7, 11) is 0. The summed E-state index contributed by atoms with van der Waals surface area (Å²) in [6.45, 7) is 0.789. The van der Waals surface area contributed by atoms with Crippen LogP contribution in [0.15, 0.2) is 164 Å². The van der Waals surface area contributed by atoms with Gasteiger partial charge in [0, 0.05) is 17.9 Å². The summed E-state index contributed by atoms with van der Waals surface area (Å²) in [6.07, 6.45) is -1.08. The predicted molar refractivity (Wildman–Crippen MR) is 186 cm³/mol. The van der Waals surface area contributed by atoms with Crippen LogP contribution in [-0.4, -0.2) is 16.8 Å². The average molecular weight is 636 g/mol. The zero-order valence-electron chi connectivity index (χ0n) is 26.4. The van der Waals surface area contributed by atoms with E-state index in [9.17, 15) is 9.59 Å². The molecule has 0 aliphatic heterocycles. The first kappa shape index (κ1) is 31.9. The Morgan fingerprint density at radius 1 is 0.458 bits per heavy atom. The van der Waals surface area contributed by atoms with Gasteiger partial charge in [0.1, 0.15) is 13.2 Å². The number of nitrogens with one attached hydrogen (secondary N) is 2. The van der Waals surface area contributed by atoms with Gasteiger partial charge in [-0.15, -0.1) is 0 Å². The van der Waals surface area contributed by atoms with Gasteiger partial charge in [0.25, 0.3) is 0 Å². The first-order valence-corrected chi connectivity index (χ1v) is 15.9. The minimum absolute atomic E-state index is 0.148. The van der Waals surface area contributed by atoms with Gasteiger partial charge in [-0.1, -0.05) is 152 Å². The maximum atomic E-state index is 13.3. The third-order valence-electron chi connectivity index (χ3n) is 8.04. The molecule has 0 radical (unpaired) electrons. The molecule has 7 heteroatoms. The van der Waals surface area contributed by atoms with Crippen molar-refractivity contribution in [1.29, 1.82) is 0 Å². The normalized spacial score (nSPS) is 12.0. The summed E-state index contributed by atoms with van der Waals surface area (Å²) in [6, 6.07) is 51.8. The maximum absolute atomic E-state index is 13.3. The molecule has 0 aliphatic carbocycles. The minimum Gasteiger partial charge on any atom is -0.445 e. The molecule has 0 saturated heterocycles. The molecule has 2 amide bonds. The predicted octanol–water partition coefficient (Wildman–Crippen LogP) is 8.57. The van der Waals surface area contributed by atoms with Gasteiger partial charge in [0.2, 0.25) is 0 Å². The molecular weight excluding hydrogens is 598 g/mol. The summed E-state index contributed by atoms with van der Waals surface area (Å²) >= 11 is 0. The summed E-state index contributed by atoms with van der Waals surface area (Å²) in [5.74, 6) is 0. The third-order valence-corrected chi connectivity index (χ3v) is 8.04. The van der Waals surface area contributed by atoms with Gasteiger partial charge in [-0.25, -0.2) is 9.59 Å². The highest BCUT2D eigenvalue weighted by Gasteiger charge is 2.27. The number of hydrogen-bond donors (Lipinski definition) is 2. The lowest BCUT2D eigenvalue weighted by atomic mass is 10.0. The van der Waals surface area contributed by atoms with Gasteiger partial charge in [-0.05, 0) is 39.9 Å².